The number of ketones is 1. The van der Waals surface area contributed by atoms with Gasteiger partial charge in [0.25, 0.3) is 0 Å². The molecule has 0 amide bonds. The van der Waals surface area contributed by atoms with E-state index in [9.17, 15) is 4.79 Å². The van der Waals surface area contributed by atoms with Crippen molar-refractivity contribution < 1.29 is 4.79 Å². The third kappa shape index (κ3) is 3.69. The minimum absolute atomic E-state index is 0.0187. The predicted octanol–water partition coefficient (Wildman–Crippen LogP) is 4.73. The zero-order chi connectivity index (χ0) is 17.9. The summed E-state index contributed by atoms with van der Waals surface area (Å²) in [6.45, 7) is 0. The molecule has 0 aliphatic heterocycles. The second-order valence-electron chi connectivity index (χ2n) is 6.34. The van der Waals surface area contributed by atoms with Crippen molar-refractivity contribution >= 4 is 29.1 Å². The fourth-order valence-corrected chi connectivity index (χ4v) is 4.47. The number of benzene rings is 2. The van der Waals surface area contributed by atoms with Crippen LogP contribution >= 0.6 is 23.4 Å². The Morgan fingerprint density at radius 1 is 1.08 bits per heavy atom. The Morgan fingerprint density at radius 3 is 2.54 bits per heavy atom. The molecule has 1 aliphatic carbocycles. The van der Waals surface area contributed by atoms with E-state index < -0.39 is 0 Å². The largest absolute Gasteiger partial charge is 0.298 e. The maximum Gasteiger partial charge on any atom is 0.196 e. The van der Waals surface area contributed by atoms with Gasteiger partial charge in [-0.15, -0.1) is 10.2 Å². The molecule has 0 unspecified atom stereocenters. The summed E-state index contributed by atoms with van der Waals surface area (Å²) in [5.74, 6) is 1.16. The topological polar surface area (TPSA) is 47.8 Å². The van der Waals surface area contributed by atoms with Crippen LogP contribution in [0.25, 0.3) is 5.69 Å². The lowest BCUT2D eigenvalue weighted by molar-refractivity contribution is -0.116. The molecule has 3 aromatic rings. The summed E-state index contributed by atoms with van der Waals surface area (Å²) in [5, 5.41) is 10.3. The summed E-state index contributed by atoms with van der Waals surface area (Å²) < 4.78 is 2.04. The number of carbonyl (C=O) groups excluding carboxylic acids is 1. The second-order valence-corrected chi connectivity index (χ2v) is 7.94. The van der Waals surface area contributed by atoms with Crippen LogP contribution in [0.5, 0.6) is 0 Å². The van der Waals surface area contributed by atoms with Gasteiger partial charge in [0, 0.05) is 23.6 Å². The van der Waals surface area contributed by atoms with Crippen molar-refractivity contribution in [3.05, 3.63) is 71.0 Å². The van der Waals surface area contributed by atoms with Crippen LogP contribution in [-0.2, 0) is 11.2 Å². The molecule has 0 radical (unpaired) electrons. The van der Waals surface area contributed by atoms with Gasteiger partial charge < -0.3 is 0 Å². The highest BCUT2D eigenvalue weighted by Gasteiger charge is 2.28. The maximum absolute atomic E-state index is 12.1. The average Bonchev–Trinajstić information content (AvgIpc) is 3.24. The Kier molecular flexibility index (Phi) is 5.09. The minimum atomic E-state index is -0.0187. The Balaban J connectivity index is 1.71. The van der Waals surface area contributed by atoms with Crippen LogP contribution in [0.15, 0.2) is 59.8 Å². The number of rotatable bonds is 5. The van der Waals surface area contributed by atoms with Crippen LogP contribution in [0.1, 0.15) is 30.7 Å². The Hall–Kier alpha value is -2.11. The molecule has 4 rings (SSSR count). The normalized spacial score (nSPS) is 17.0. The Morgan fingerprint density at radius 2 is 1.85 bits per heavy atom. The molecule has 132 valence electrons. The number of carbonyl (C=O) groups is 1. The monoisotopic (exact) mass is 383 g/mol. The molecule has 1 aliphatic rings. The van der Waals surface area contributed by atoms with Crippen molar-refractivity contribution in [3.63, 3.8) is 0 Å². The fraction of sp³-hybridized carbons (Fsp3) is 0.250. The maximum atomic E-state index is 12.1. The summed E-state index contributed by atoms with van der Waals surface area (Å²) in [5.41, 5.74) is 2.13. The van der Waals surface area contributed by atoms with Crippen molar-refractivity contribution in [2.75, 3.05) is 0 Å². The van der Waals surface area contributed by atoms with Crippen molar-refractivity contribution in [2.45, 2.75) is 36.1 Å². The molecule has 0 bridgehead atoms. The first-order valence-corrected chi connectivity index (χ1v) is 9.90. The van der Waals surface area contributed by atoms with Gasteiger partial charge in [-0.05, 0) is 42.7 Å². The number of aromatic nitrogens is 3. The van der Waals surface area contributed by atoms with Crippen LogP contribution in [0.3, 0.4) is 0 Å². The lowest BCUT2D eigenvalue weighted by Crippen LogP contribution is -2.10. The number of hydrogen-bond donors (Lipinski definition) is 0. The van der Waals surface area contributed by atoms with E-state index in [1.807, 2.05) is 47.0 Å². The molecule has 1 atom stereocenters. The van der Waals surface area contributed by atoms with Crippen LogP contribution in [-0.4, -0.2) is 25.8 Å². The van der Waals surface area contributed by atoms with Gasteiger partial charge in [-0.1, -0.05) is 53.7 Å². The zero-order valence-corrected chi connectivity index (χ0v) is 15.7. The molecule has 0 saturated heterocycles. The highest BCUT2D eigenvalue weighted by molar-refractivity contribution is 8.00. The number of hydrogen-bond acceptors (Lipinski definition) is 4. The molecule has 6 heteroatoms. The number of nitrogens with zero attached hydrogens (tertiary/aromatic N) is 3. The Labute approximate surface area is 161 Å². The number of thioether (sulfide) groups is 1. The number of halogens is 1. The van der Waals surface area contributed by atoms with E-state index >= 15 is 0 Å². The van der Waals surface area contributed by atoms with Crippen LogP contribution in [0.2, 0.25) is 5.02 Å². The van der Waals surface area contributed by atoms with Crippen LogP contribution < -0.4 is 0 Å². The lowest BCUT2D eigenvalue weighted by atomic mass is 10.1. The molecular formula is C20H18ClN3OS. The molecule has 2 aromatic carbocycles. The highest BCUT2D eigenvalue weighted by Crippen LogP contribution is 2.33. The molecule has 0 spiro atoms. The van der Waals surface area contributed by atoms with Crippen molar-refractivity contribution in [3.8, 4) is 5.69 Å². The van der Waals surface area contributed by atoms with E-state index in [2.05, 4.69) is 22.3 Å². The van der Waals surface area contributed by atoms with Gasteiger partial charge in [0.15, 0.2) is 5.16 Å². The minimum Gasteiger partial charge on any atom is -0.298 e. The van der Waals surface area contributed by atoms with Gasteiger partial charge in [-0.3, -0.25) is 9.36 Å². The second kappa shape index (κ2) is 7.64. The molecule has 1 aromatic heterocycles. The van der Waals surface area contributed by atoms with Gasteiger partial charge in [0.05, 0.1) is 5.25 Å². The molecular weight excluding hydrogens is 366 g/mol. The van der Waals surface area contributed by atoms with Gasteiger partial charge >= 0.3 is 0 Å². The summed E-state index contributed by atoms with van der Waals surface area (Å²) in [7, 11) is 0. The standard InChI is InChI=1S/C20H18ClN3OS/c21-15-9-11-16(12-10-15)24-19(13-14-5-2-1-3-6-14)22-23-20(24)26-18-8-4-7-17(18)25/h1-3,5-6,9-12,18H,4,7-8,13H2/t18-/m1/s1. The first kappa shape index (κ1) is 17.3. The summed E-state index contributed by atoms with van der Waals surface area (Å²) in [6.07, 6.45) is 3.21. The average molecular weight is 384 g/mol. The summed E-state index contributed by atoms with van der Waals surface area (Å²) in [6, 6.07) is 17.8. The van der Waals surface area contributed by atoms with Gasteiger partial charge in [-0.2, -0.15) is 0 Å². The SMILES string of the molecule is O=C1CCC[C@H]1Sc1nnc(Cc2ccccc2)n1-c1ccc(Cl)cc1. The zero-order valence-electron chi connectivity index (χ0n) is 14.1. The van der Waals surface area contributed by atoms with Crippen LogP contribution in [0, 0.1) is 0 Å². The third-order valence-corrected chi connectivity index (χ3v) is 6.00. The molecule has 1 fully saturated rings. The molecule has 26 heavy (non-hydrogen) atoms. The van der Waals surface area contributed by atoms with E-state index in [0.29, 0.717) is 23.6 Å². The number of Topliss-reactive ketones (excluding diaryl/α,β-unsaturated/α-hetero) is 1. The van der Waals surface area contributed by atoms with Gasteiger partial charge in [0.2, 0.25) is 0 Å². The Bertz CT molecular complexity index is 909. The summed E-state index contributed by atoms with van der Waals surface area (Å²) >= 11 is 7.57. The van der Waals surface area contributed by atoms with Crippen molar-refractivity contribution in [1.82, 2.24) is 14.8 Å². The highest BCUT2D eigenvalue weighted by atomic mass is 35.5. The van der Waals surface area contributed by atoms with Gasteiger partial charge in [-0.25, -0.2) is 0 Å². The van der Waals surface area contributed by atoms with E-state index in [-0.39, 0.29) is 5.25 Å². The lowest BCUT2D eigenvalue weighted by Gasteiger charge is -2.12. The first-order chi connectivity index (χ1) is 12.7. The predicted molar refractivity (Wildman–Crippen MR) is 104 cm³/mol. The van der Waals surface area contributed by atoms with E-state index in [1.54, 1.807) is 0 Å². The van der Waals surface area contributed by atoms with E-state index in [4.69, 9.17) is 11.6 Å². The van der Waals surface area contributed by atoms with Crippen molar-refractivity contribution in [2.24, 2.45) is 0 Å². The smallest absolute Gasteiger partial charge is 0.196 e. The molecule has 1 saturated carbocycles. The quantitative estimate of drug-likeness (QED) is 0.639. The molecule has 1 heterocycles. The van der Waals surface area contributed by atoms with Crippen molar-refractivity contribution in [1.29, 1.82) is 0 Å². The molecule has 4 nitrogen and oxygen atoms in total. The molecule has 0 N–H and O–H groups in total. The van der Waals surface area contributed by atoms with E-state index in [0.717, 1.165) is 29.5 Å². The first-order valence-electron chi connectivity index (χ1n) is 8.64. The van der Waals surface area contributed by atoms with Gasteiger partial charge in [0.1, 0.15) is 11.6 Å². The summed E-state index contributed by atoms with van der Waals surface area (Å²) in [4.78, 5) is 12.1. The van der Waals surface area contributed by atoms with Crippen LogP contribution in [0.4, 0.5) is 0 Å². The third-order valence-electron chi connectivity index (χ3n) is 4.49. The fourth-order valence-electron chi connectivity index (χ4n) is 3.15. The van der Waals surface area contributed by atoms with E-state index in [1.165, 1.54) is 17.3 Å².